The summed E-state index contributed by atoms with van der Waals surface area (Å²) in [7, 11) is 0. The number of hydrogen-bond donors (Lipinski definition) is 0. The van der Waals surface area contributed by atoms with Crippen molar-refractivity contribution in [2.24, 2.45) is 23.7 Å². The fourth-order valence-electron chi connectivity index (χ4n) is 4.93. The number of carbonyl (C=O) groups is 2. The number of nitro benzene ring substituents is 1. The van der Waals surface area contributed by atoms with Crippen molar-refractivity contribution < 1.29 is 14.5 Å². The Morgan fingerprint density at radius 3 is 2.00 bits per heavy atom. The van der Waals surface area contributed by atoms with Gasteiger partial charge in [0.15, 0.2) is 0 Å². The molecule has 1 aliphatic heterocycles. The highest BCUT2D eigenvalue weighted by atomic mass is 16.6. The molecule has 6 heteroatoms. The maximum atomic E-state index is 13.1. The van der Waals surface area contributed by atoms with Gasteiger partial charge in [0.1, 0.15) is 0 Å². The van der Waals surface area contributed by atoms with Gasteiger partial charge >= 0.3 is 0 Å². The lowest BCUT2D eigenvalue weighted by Gasteiger charge is -2.38. The van der Waals surface area contributed by atoms with E-state index in [0.717, 1.165) is 12.8 Å². The van der Waals surface area contributed by atoms with E-state index in [-0.39, 0.29) is 41.2 Å². The molecule has 6 nitrogen and oxygen atoms in total. The zero-order valence-corrected chi connectivity index (χ0v) is 13.9. The summed E-state index contributed by atoms with van der Waals surface area (Å²) in [5, 5.41) is 12.3. The predicted molar refractivity (Wildman–Crippen MR) is 95.4 cm³/mol. The third kappa shape index (κ3) is 1.87. The van der Waals surface area contributed by atoms with Crippen molar-refractivity contribution in [2.45, 2.75) is 12.8 Å². The Bertz CT molecular complexity index is 980. The normalized spacial score (nSPS) is 29.5. The highest BCUT2D eigenvalue weighted by molar-refractivity contribution is 6.25. The van der Waals surface area contributed by atoms with E-state index in [1.807, 2.05) is 0 Å². The maximum Gasteiger partial charge on any atom is 0.277 e. The molecule has 4 unspecified atom stereocenters. The van der Waals surface area contributed by atoms with E-state index in [1.165, 1.54) is 17.0 Å². The van der Waals surface area contributed by atoms with Gasteiger partial charge in [-0.2, -0.15) is 0 Å². The van der Waals surface area contributed by atoms with Crippen molar-refractivity contribution in [3.8, 4) is 0 Å². The van der Waals surface area contributed by atoms with Gasteiger partial charge in [0.05, 0.1) is 27.8 Å². The molecule has 2 fully saturated rings. The van der Waals surface area contributed by atoms with E-state index < -0.39 is 4.92 Å². The molecule has 2 aromatic carbocycles. The average molecular weight is 348 g/mol. The predicted octanol–water partition coefficient (Wildman–Crippen LogP) is 3.45. The second-order valence-corrected chi connectivity index (χ2v) is 7.26. The fourth-order valence-corrected chi connectivity index (χ4v) is 4.93. The number of rotatable bonds is 2. The highest BCUT2D eigenvalue weighted by Gasteiger charge is 2.57. The molecule has 130 valence electrons. The number of nitrogens with zero attached hydrogens (tertiary/aromatic N) is 2. The van der Waals surface area contributed by atoms with Crippen LogP contribution in [0.1, 0.15) is 12.8 Å². The lowest BCUT2D eigenvalue weighted by atomic mass is 9.63. The van der Waals surface area contributed by atoms with Gasteiger partial charge in [-0.15, -0.1) is 0 Å². The van der Waals surface area contributed by atoms with Crippen LogP contribution in [0, 0.1) is 33.8 Å². The molecule has 0 aromatic heterocycles. The van der Waals surface area contributed by atoms with Crippen LogP contribution in [0.15, 0.2) is 48.6 Å². The quantitative estimate of drug-likeness (QED) is 0.360. The Morgan fingerprint density at radius 1 is 0.885 bits per heavy atom. The first-order valence-corrected chi connectivity index (χ1v) is 8.80. The van der Waals surface area contributed by atoms with Crippen LogP contribution in [0.25, 0.3) is 10.8 Å². The van der Waals surface area contributed by atoms with Crippen LogP contribution in [-0.2, 0) is 9.59 Å². The maximum absolute atomic E-state index is 13.1. The SMILES string of the molecule is O=C1C2C3C=CC(CC3)C2C(=O)N1c1ccc([N+](=O)[O-])c2ccccc12. The molecule has 26 heavy (non-hydrogen) atoms. The van der Waals surface area contributed by atoms with Gasteiger partial charge in [-0.3, -0.25) is 19.7 Å². The first-order valence-electron chi connectivity index (χ1n) is 8.80. The van der Waals surface area contributed by atoms with Gasteiger partial charge < -0.3 is 0 Å². The standard InChI is InChI=1S/C20H16N2O4/c23-19-17-11-5-6-12(8-7-11)18(17)20(24)21(19)15-9-10-16(22(25)26)14-4-2-1-3-13(14)15/h1-6,9-12,17-18H,7-8H2. The van der Waals surface area contributed by atoms with E-state index >= 15 is 0 Å². The van der Waals surface area contributed by atoms with Crippen molar-refractivity contribution in [3.63, 3.8) is 0 Å². The Balaban J connectivity index is 1.68. The molecule has 4 aliphatic rings. The number of amides is 2. The molecule has 2 bridgehead atoms. The van der Waals surface area contributed by atoms with Crippen LogP contribution < -0.4 is 4.90 Å². The van der Waals surface area contributed by atoms with Gasteiger partial charge in [-0.1, -0.05) is 30.4 Å². The first kappa shape index (κ1) is 15.3. The Hall–Kier alpha value is -3.02. The Labute approximate surface area is 149 Å². The molecule has 0 radical (unpaired) electrons. The summed E-state index contributed by atoms with van der Waals surface area (Å²) in [6.07, 6.45) is 6.04. The van der Waals surface area contributed by atoms with Crippen molar-refractivity contribution in [1.29, 1.82) is 0 Å². The average Bonchev–Trinajstić information content (AvgIpc) is 2.95. The molecule has 6 rings (SSSR count). The second kappa shape index (κ2) is 5.24. The van der Waals surface area contributed by atoms with E-state index in [4.69, 9.17) is 0 Å². The van der Waals surface area contributed by atoms with Crippen LogP contribution in [0.5, 0.6) is 0 Å². The third-order valence-electron chi connectivity index (χ3n) is 6.07. The molecule has 4 atom stereocenters. The van der Waals surface area contributed by atoms with Gasteiger partial charge in [-0.05, 0) is 36.8 Å². The zero-order chi connectivity index (χ0) is 18.0. The summed E-state index contributed by atoms with van der Waals surface area (Å²) in [6, 6.07) is 9.78. The van der Waals surface area contributed by atoms with Crippen molar-refractivity contribution in [1.82, 2.24) is 0 Å². The van der Waals surface area contributed by atoms with Crippen LogP contribution in [0.4, 0.5) is 11.4 Å². The molecular weight excluding hydrogens is 332 g/mol. The summed E-state index contributed by atoms with van der Waals surface area (Å²) in [4.78, 5) is 38.4. The second-order valence-electron chi connectivity index (χ2n) is 7.26. The van der Waals surface area contributed by atoms with Crippen molar-refractivity contribution in [2.75, 3.05) is 4.90 Å². The van der Waals surface area contributed by atoms with Gasteiger partial charge in [0, 0.05) is 11.5 Å². The highest BCUT2D eigenvalue weighted by Crippen LogP contribution is 2.51. The molecule has 0 spiro atoms. The summed E-state index contributed by atoms with van der Waals surface area (Å²) >= 11 is 0. The number of carbonyl (C=O) groups excluding carboxylic acids is 2. The monoisotopic (exact) mass is 348 g/mol. The van der Waals surface area contributed by atoms with Gasteiger partial charge in [-0.25, -0.2) is 4.90 Å². The number of fused-ring (bicyclic) bond motifs is 2. The van der Waals surface area contributed by atoms with Crippen LogP contribution in [0.2, 0.25) is 0 Å². The number of benzene rings is 2. The molecule has 2 aromatic rings. The van der Waals surface area contributed by atoms with E-state index in [1.54, 1.807) is 24.3 Å². The number of nitro groups is 1. The number of non-ortho nitro benzene ring substituents is 1. The first-order chi connectivity index (χ1) is 12.6. The number of imide groups is 1. The lowest BCUT2D eigenvalue weighted by Crippen LogP contribution is -2.38. The third-order valence-corrected chi connectivity index (χ3v) is 6.07. The van der Waals surface area contributed by atoms with E-state index in [9.17, 15) is 19.7 Å². The molecule has 2 amide bonds. The minimum Gasteiger partial charge on any atom is -0.274 e. The summed E-state index contributed by atoms with van der Waals surface area (Å²) in [5.41, 5.74) is 0.428. The zero-order valence-electron chi connectivity index (χ0n) is 13.9. The molecule has 1 heterocycles. The minimum atomic E-state index is -0.441. The van der Waals surface area contributed by atoms with Crippen molar-refractivity contribution >= 4 is 34.0 Å². The van der Waals surface area contributed by atoms with Crippen LogP contribution >= 0.6 is 0 Å². The van der Waals surface area contributed by atoms with E-state index in [0.29, 0.717) is 16.5 Å². The molecule has 0 N–H and O–H groups in total. The topological polar surface area (TPSA) is 80.5 Å². The summed E-state index contributed by atoms with van der Waals surface area (Å²) < 4.78 is 0. The molecular formula is C20H16N2O4. The van der Waals surface area contributed by atoms with Gasteiger partial charge in [0.25, 0.3) is 5.69 Å². The summed E-state index contributed by atoms with van der Waals surface area (Å²) in [5.74, 6) is -0.678. The van der Waals surface area contributed by atoms with Crippen LogP contribution in [-0.4, -0.2) is 16.7 Å². The molecule has 1 saturated carbocycles. The number of allylic oxidation sites excluding steroid dienone is 2. The number of anilines is 1. The Morgan fingerprint density at radius 2 is 1.46 bits per heavy atom. The Kier molecular flexibility index (Phi) is 3.07. The largest absolute Gasteiger partial charge is 0.277 e. The van der Waals surface area contributed by atoms with Crippen molar-refractivity contribution in [3.05, 3.63) is 58.7 Å². The minimum absolute atomic E-state index is 0.0254. The van der Waals surface area contributed by atoms with Gasteiger partial charge in [0.2, 0.25) is 11.8 Å². The fraction of sp³-hybridized carbons (Fsp3) is 0.300. The molecule has 1 saturated heterocycles. The van der Waals surface area contributed by atoms with E-state index in [2.05, 4.69) is 12.2 Å². The lowest BCUT2D eigenvalue weighted by molar-refractivity contribution is -0.383. The van der Waals surface area contributed by atoms with Crippen LogP contribution in [0.3, 0.4) is 0 Å². The number of hydrogen-bond acceptors (Lipinski definition) is 4. The smallest absolute Gasteiger partial charge is 0.274 e. The molecule has 3 aliphatic carbocycles. The summed E-state index contributed by atoms with van der Waals surface area (Å²) in [6.45, 7) is 0.